The summed E-state index contributed by atoms with van der Waals surface area (Å²) in [6.07, 6.45) is 3.64. The van der Waals surface area contributed by atoms with Gasteiger partial charge in [-0.05, 0) is 47.4 Å². The molecule has 1 aromatic heterocycles. The lowest BCUT2D eigenvalue weighted by atomic mass is 9.95. The van der Waals surface area contributed by atoms with Crippen molar-refractivity contribution in [1.82, 2.24) is 9.88 Å². The molecule has 3 aromatic carbocycles. The molecule has 6 nitrogen and oxygen atoms in total. The van der Waals surface area contributed by atoms with Crippen LogP contribution in [0, 0.1) is 0 Å². The van der Waals surface area contributed by atoms with Crippen LogP contribution in [0.1, 0.15) is 28.3 Å². The summed E-state index contributed by atoms with van der Waals surface area (Å²) >= 11 is 0. The minimum absolute atomic E-state index is 0.0597. The molecule has 1 N–H and O–H groups in total. The Kier molecular flexibility index (Phi) is 7.08. The van der Waals surface area contributed by atoms with Gasteiger partial charge in [-0.1, -0.05) is 72.8 Å². The van der Waals surface area contributed by atoms with Gasteiger partial charge in [-0.3, -0.25) is 14.6 Å². The third kappa shape index (κ3) is 5.28. The number of benzene rings is 3. The Hall–Kier alpha value is -4.71. The third-order valence-electron chi connectivity index (χ3n) is 6.40. The Bertz CT molecular complexity index is 1420. The minimum Gasteiger partial charge on any atom is -0.507 e. The van der Waals surface area contributed by atoms with Gasteiger partial charge in [0.2, 0.25) is 0 Å². The molecule has 2 heterocycles. The summed E-state index contributed by atoms with van der Waals surface area (Å²) in [5.41, 5.74) is 3.26. The van der Waals surface area contributed by atoms with Crippen molar-refractivity contribution in [2.45, 2.75) is 19.1 Å². The molecule has 1 unspecified atom stereocenters. The lowest BCUT2D eigenvalue weighted by molar-refractivity contribution is -0.139. The van der Waals surface area contributed by atoms with E-state index >= 15 is 0 Å². The van der Waals surface area contributed by atoms with E-state index < -0.39 is 17.7 Å². The van der Waals surface area contributed by atoms with E-state index in [9.17, 15) is 14.7 Å². The number of pyridine rings is 1. The van der Waals surface area contributed by atoms with Crippen LogP contribution in [0.4, 0.5) is 0 Å². The molecule has 1 aliphatic rings. The Morgan fingerprint density at radius 2 is 1.51 bits per heavy atom. The number of carbonyl (C=O) groups is 2. The monoisotopic (exact) mass is 490 g/mol. The van der Waals surface area contributed by atoms with Crippen LogP contribution < -0.4 is 4.74 Å². The highest BCUT2D eigenvalue weighted by molar-refractivity contribution is 6.46. The number of hydrogen-bond donors (Lipinski definition) is 1. The predicted molar refractivity (Wildman–Crippen MR) is 141 cm³/mol. The number of hydrogen-bond acceptors (Lipinski definition) is 5. The van der Waals surface area contributed by atoms with E-state index in [0.717, 1.165) is 11.1 Å². The third-order valence-corrected chi connectivity index (χ3v) is 6.40. The van der Waals surface area contributed by atoms with Gasteiger partial charge in [0.25, 0.3) is 11.7 Å². The Morgan fingerprint density at radius 1 is 0.838 bits per heavy atom. The summed E-state index contributed by atoms with van der Waals surface area (Å²) in [6.45, 7) is 0.705. The average molecular weight is 491 g/mol. The predicted octanol–water partition coefficient (Wildman–Crippen LogP) is 5.33. The fourth-order valence-electron chi connectivity index (χ4n) is 4.53. The van der Waals surface area contributed by atoms with E-state index in [2.05, 4.69) is 4.98 Å². The second-order valence-electron chi connectivity index (χ2n) is 8.81. The first kappa shape index (κ1) is 24.0. The standard InChI is InChI=1S/C31H26N2O4/c34-29(24-14-17-32-18-15-24)27-28(33(31(36)30(27)35)19-16-22-8-3-1-4-9-22)25-12-7-13-26(20-25)37-21-23-10-5-2-6-11-23/h1-15,17-18,20,28,34H,16,19,21H2. The van der Waals surface area contributed by atoms with Crippen molar-refractivity contribution in [3.05, 3.63) is 137 Å². The maximum Gasteiger partial charge on any atom is 0.295 e. The molecule has 0 bridgehead atoms. The normalized spacial score (nSPS) is 16.6. The number of aromatic nitrogens is 1. The molecule has 184 valence electrons. The Balaban J connectivity index is 1.51. The van der Waals surface area contributed by atoms with Gasteiger partial charge < -0.3 is 14.7 Å². The molecule has 6 heteroatoms. The molecule has 0 aliphatic carbocycles. The number of aliphatic hydroxyl groups excluding tert-OH is 1. The highest BCUT2D eigenvalue weighted by atomic mass is 16.5. The summed E-state index contributed by atoms with van der Waals surface area (Å²) in [5.74, 6) is -0.947. The van der Waals surface area contributed by atoms with Crippen LogP contribution in [-0.2, 0) is 22.6 Å². The molecule has 1 aliphatic heterocycles. The molecular formula is C31H26N2O4. The fourth-order valence-corrected chi connectivity index (χ4v) is 4.53. The van der Waals surface area contributed by atoms with Crippen molar-refractivity contribution >= 4 is 17.4 Å². The van der Waals surface area contributed by atoms with Crippen molar-refractivity contribution in [1.29, 1.82) is 0 Å². The van der Waals surface area contributed by atoms with E-state index in [1.165, 1.54) is 12.4 Å². The summed E-state index contributed by atoms with van der Waals surface area (Å²) in [7, 11) is 0. The van der Waals surface area contributed by atoms with Gasteiger partial charge in [-0.25, -0.2) is 0 Å². The molecule has 5 rings (SSSR count). The van der Waals surface area contributed by atoms with Gasteiger partial charge in [-0.15, -0.1) is 0 Å². The molecule has 1 amide bonds. The summed E-state index contributed by atoms with van der Waals surface area (Å²) in [6, 6.07) is 29.4. The summed E-state index contributed by atoms with van der Waals surface area (Å²) in [4.78, 5) is 32.0. The first-order valence-electron chi connectivity index (χ1n) is 12.1. The minimum atomic E-state index is -0.753. The number of ether oxygens (including phenoxy) is 1. The molecule has 1 fully saturated rings. The lowest BCUT2D eigenvalue weighted by Crippen LogP contribution is -2.31. The van der Waals surface area contributed by atoms with Gasteiger partial charge in [0.1, 0.15) is 18.1 Å². The summed E-state index contributed by atoms with van der Waals surface area (Å²) in [5, 5.41) is 11.2. The van der Waals surface area contributed by atoms with E-state index in [4.69, 9.17) is 4.74 Å². The van der Waals surface area contributed by atoms with Crippen molar-refractivity contribution < 1.29 is 19.4 Å². The van der Waals surface area contributed by atoms with E-state index in [1.807, 2.05) is 84.9 Å². The number of rotatable bonds is 8. The molecule has 1 saturated heterocycles. The number of aliphatic hydroxyl groups is 1. The largest absolute Gasteiger partial charge is 0.507 e. The van der Waals surface area contributed by atoms with Crippen LogP contribution in [0.2, 0.25) is 0 Å². The molecule has 0 spiro atoms. The van der Waals surface area contributed by atoms with Crippen LogP contribution in [0.5, 0.6) is 5.75 Å². The topological polar surface area (TPSA) is 79.7 Å². The number of Topliss-reactive ketones (excluding diaryl/α,β-unsaturated/α-hetero) is 1. The van der Waals surface area contributed by atoms with Crippen LogP contribution in [0.25, 0.3) is 5.76 Å². The molecular weight excluding hydrogens is 464 g/mol. The second-order valence-corrected chi connectivity index (χ2v) is 8.81. The number of likely N-dealkylation sites (tertiary alicyclic amines) is 1. The van der Waals surface area contributed by atoms with Crippen LogP contribution in [-0.4, -0.2) is 33.2 Å². The van der Waals surface area contributed by atoms with Gasteiger partial charge >= 0.3 is 0 Å². The van der Waals surface area contributed by atoms with Gasteiger partial charge in [0, 0.05) is 24.5 Å². The fraction of sp³-hybridized carbons (Fsp3) is 0.129. The number of amides is 1. The van der Waals surface area contributed by atoms with Crippen molar-refractivity contribution in [3.8, 4) is 5.75 Å². The van der Waals surface area contributed by atoms with Crippen molar-refractivity contribution in [2.75, 3.05) is 6.54 Å². The summed E-state index contributed by atoms with van der Waals surface area (Å²) < 4.78 is 6.02. The number of carbonyl (C=O) groups excluding carboxylic acids is 2. The van der Waals surface area contributed by atoms with E-state index in [-0.39, 0.29) is 11.3 Å². The quantitative estimate of drug-likeness (QED) is 0.205. The second kappa shape index (κ2) is 10.9. The van der Waals surface area contributed by atoms with Gasteiger partial charge in [0.15, 0.2) is 0 Å². The molecule has 0 radical (unpaired) electrons. The van der Waals surface area contributed by atoms with Crippen LogP contribution in [0.3, 0.4) is 0 Å². The molecule has 4 aromatic rings. The zero-order valence-electron chi connectivity index (χ0n) is 20.2. The molecule has 1 atom stereocenters. The SMILES string of the molecule is O=C1C(=O)N(CCc2ccccc2)C(c2cccc(OCc3ccccc3)c2)C1=C(O)c1ccncc1. The van der Waals surface area contributed by atoms with Crippen LogP contribution >= 0.6 is 0 Å². The smallest absolute Gasteiger partial charge is 0.295 e. The number of nitrogens with zero attached hydrogens (tertiary/aromatic N) is 2. The van der Waals surface area contributed by atoms with E-state index in [1.54, 1.807) is 17.0 Å². The van der Waals surface area contributed by atoms with Crippen molar-refractivity contribution in [2.24, 2.45) is 0 Å². The van der Waals surface area contributed by atoms with Crippen molar-refractivity contribution in [3.63, 3.8) is 0 Å². The Labute approximate surface area is 215 Å². The molecule has 0 saturated carbocycles. The lowest BCUT2D eigenvalue weighted by Gasteiger charge is -2.26. The highest BCUT2D eigenvalue weighted by Gasteiger charge is 2.45. The van der Waals surface area contributed by atoms with E-state index in [0.29, 0.717) is 36.4 Å². The maximum absolute atomic E-state index is 13.3. The highest BCUT2D eigenvalue weighted by Crippen LogP contribution is 2.40. The first-order chi connectivity index (χ1) is 18.1. The zero-order valence-corrected chi connectivity index (χ0v) is 20.2. The first-order valence-corrected chi connectivity index (χ1v) is 12.1. The van der Waals surface area contributed by atoms with Crippen LogP contribution in [0.15, 0.2) is 115 Å². The number of ketones is 1. The van der Waals surface area contributed by atoms with Gasteiger partial charge in [-0.2, -0.15) is 0 Å². The molecule has 37 heavy (non-hydrogen) atoms. The zero-order chi connectivity index (χ0) is 25.6. The maximum atomic E-state index is 13.3. The Morgan fingerprint density at radius 3 is 2.22 bits per heavy atom. The van der Waals surface area contributed by atoms with Gasteiger partial charge in [0.05, 0.1) is 11.6 Å². The average Bonchev–Trinajstić information content (AvgIpc) is 3.21.